The highest BCUT2D eigenvalue weighted by molar-refractivity contribution is 6.42. The summed E-state index contributed by atoms with van der Waals surface area (Å²) in [5.74, 6) is 0.323. The third kappa shape index (κ3) is 4.54. The second kappa shape index (κ2) is 8.63. The molecule has 1 aliphatic rings. The van der Waals surface area contributed by atoms with Crippen LogP contribution >= 0.6 is 23.2 Å². The van der Waals surface area contributed by atoms with Crippen LogP contribution in [0.2, 0.25) is 10.0 Å². The molecule has 2 aromatic rings. The number of hydrogen-bond donors (Lipinski definition) is 1. The third-order valence-corrected chi connectivity index (χ3v) is 5.42. The molecule has 142 valence electrons. The molecule has 2 aromatic carbocycles. The zero-order valence-corrected chi connectivity index (χ0v) is 16.4. The van der Waals surface area contributed by atoms with Crippen molar-refractivity contribution in [2.45, 2.75) is 12.8 Å². The third-order valence-electron chi connectivity index (χ3n) is 4.68. The molecule has 1 heterocycles. The van der Waals surface area contributed by atoms with Crippen LogP contribution in [-0.4, -0.2) is 36.9 Å². The quantitative estimate of drug-likeness (QED) is 0.813. The zero-order chi connectivity index (χ0) is 19.4. The largest absolute Gasteiger partial charge is 0.495 e. The van der Waals surface area contributed by atoms with Gasteiger partial charge in [0.1, 0.15) is 5.75 Å². The number of benzene rings is 2. The molecule has 0 aromatic heterocycles. The van der Waals surface area contributed by atoms with Crippen molar-refractivity contribution < 1.29 is 14.3 Å². The lowest BCUT2D eigenvalue weighted by atomic mass is 9.95. The van der Waals surface area contributed by atoms with Gasteiger partial charge in [-0.15, -0.1) is 0 Å². The Hall–Kier alpha value is -2.24. The van der Waals surface area contributed by atoms with E-state index in [1.54, 1.807) is 42.3 Å². The van der Waals surface area contributed by atoms with Crippen molar-refractivity contribution in [3.63, 3.8) is 0 Å². The highest BCUT2D eigenvalue weighted by Gasteiger charge is 2.28. The maximum atomic E-state index is 12.6. The van der Waals surface area contributed by atoms with Crippen LogP contribution in [0.1, 0.15) is 23.2 Å². The molecule has 0 aliphatic carbocycles. The number of carbonyl (C=O) groups excluding carboxylic acids is 2. The second-order valence-corrected chi connectivity index (χ2v) is 7.20. The smallest absolute Gasteiger partial charge is 0.253 e. The first-order chi connectivity index (χ1) is 13.0. The highest BCUT2D eigenvalue weighted by atomic mass is 35.5. The summed E-state index contributed by atoms with van der Waals surface area (Å²) in [5.41, 5.74) is 1.15. The summed E-state index contributed by atoms with van der Waals surface area (Å²) in [6, 6.07) is 12.2. The maximum absolute atomic E-state index is 12.6. The molecule has 0 radical (unpaired) electrons. The lowest BCUT2D eigenvalue weighted by Gasteiger charge is -2.31. The number of methoxy groups -OCH3 is 1. The van der Waals surface area contributed by atoms with E-state index >= 15 is 0 Å². The summed E-state index contributed by atoms with van der Waals surface area (Å²) >= 11 is 11.9. The van der Waals surface area contributed by atoms with Crippen molar-refractivity contribution >= 4 is 40.7 Å². The maximum Gasteiger partial charge on any atom is 0.253 e. The molecule has 0 bridgehead atoms. The van der Waals surface area contributed by atoms with Crippen LogP contribution in [-0.2, 0) is 4.79 Å². The first-order valence-electron chi connectivity index (χ1n) is 8.68. The topological polar surface area (TPSA) is 58.6 Å². The van der Waals surface area contributed by atoms with E-state index < -0.39 is 0 Å². The molecule has 3 rings (SSSR count). The van der Waals surface area contributed by atoms with Gasteiger partial charge in [-0.2, -0.15) is 0 Å². The lowest BCUT2D eigenvalue weighted by Crippen LogP contribution is -2.41. The second-order valence-electron chi connectivity index (χ2n) is 6.38. The molecule has 7 heteroatoms. The average molecular weight is 407 g/mol. The molecule has 0 saturated carbocycles. The fraction of sp³-hybridized carbons (Fsp3) is 0.300. The number of ether oxygens (including phenoxy) is 1. The van der Waals surface area contributed by atoms with E-state index in [-0.39, 0.29) is 17.7 Å². The summed E-state index contributed by atoms with van der Waals surface area (Å²) in [4.78, 5) is 26.9. The van der Waals surface area contributed by atoms with Gasteiger partial charge < -0.3 is 15.0 Å². The number of likely N-dealkylation sites (tertiary alicyclic amines) is 1. The molecule has 1 aliphatic heterocycles. The minimum atomic E-state index is -0.146. The van der Waals surface area contributed by atoms with Gasteiger partial charge in [-0.3, -0.25) is 9.59 Å². The van der Waals surface area contributed by atoms with E-state index in [4.69, 9.17) is 27.9 Å². The fourth-order valence-corrected chi connectivity index (χ4v) is 3.44. The van der Waals surface area contributed by atoms with Gasteiger partial charge in [-0.05, 0) is 43.2 Å². The van der Waals surface area contributed by atoms with Crippen molar-refractivity contribution in [2.24, 2.45) is 5.92 Å². The van der Waals surface area contributed by atoms with Gasteiger partial charge in [-0.25, -0.2) is 0 Å². The summed E-state index contributed by atoms with van der Waals surface area (Å²) in [5, 5.41) is 3.69. The Morgan fingerprint density at radius 3 is 2.44 bits per heavy atom. The SMILES string of the molecule is COc1ccccc1NC(=O)C1CCN(C(=O)c2ccc(Cl)c(Cl)c2)CC1. The van der Waals surface area contributed by atoms with E-state index in [0.717, 1.165) is 0 Å². The van der Waals surface area contributed by atoms with E-state index in [0.29, 0.717) is 53.0 Å². The Morgan fingerprint density at radius 1 is 1.07 bits per heavy atom. The minimum absolute atomic E-state index is 0.0545. The van der Waals surface area contributed by atoms with Gasteiger partial charge in [0.2, 0.25) is 5.91 Å². The van der Waals surface area contributed by atoms with Crippen molar-refractivity contribution in [3.8, 4) is 5.75 Å². The van der Waals surface area contributed by atoms with E-state index in [1.807, 2.05) is 12.1 Å². The van der Waals surface area contributed by atoms with Crippen molar-refractivity contribution in [1.29, 1.82) is 0 Å². The Kier molecular flexibility index (Phi) is 6.24. The van der Waals surface area contributed by atoms with Gasteiger partial charge in [0.15, 0.2) is 0 Å². The summed E-state index contributed by atoms with van der Waals surface area (Å²) in [6.45, 7) is 1.03. The van der Waals surface area contributed by atoms with Crippen LogP contribution in [0.4, 0.5) is 5.69 Å². The monoisotopic (exact) mass is 406 g/mol. The van der Waals surface area contributed by atoms with E-state index in [2.05, 4.69) is 5.32 Å². The van der Waals surface area contributed by atoms with E-state index in [1.165, 1.54) is 0 Å². The number of hydrogen-bond acceptors (Lipinski definition) is 3. The number of carbonyl (C=O) groups is 2. The van der Waals surface area contributed by atoms with Crippen molar-refractivity contribution in [3.05, 3.63) is 58.1 Å². The Labute approximate surface area is 168 Å². The van der Waals surface area contributed by atoms with Crippen LogP contribution in [0.25, 0.3) is 0 Å². The summed E-state index contributed by atoms with van der Waals surface area (Å²) < 4.78 is 5.26. The number of nitrogens with zero attached hydrogens (tertiary/aromatic N) is 1. The van der Waals surface area contributed by atoms with Crippen LogP contribution in [0.3, 0.4) is 0 Å². The number of nitrogens with one attached hydrogen (secondary N) is 1. The molecule has 1 N–H and O–H groups in total. The number of halogens is 2. The molecule has 1 saturated heterocycles. The fourth-order valence-electron chi connectivity index (χ4n) is 3.14. The van der Waals surface area contributed by atoms with E-state index in [9.17, 15) is 9.59 Å². The lowest BCUT2D eigenvalue weighted by molar-refractivity contribution is -0.121. The molecule has 0 atom stereocenters. The predicted octanol–water partition coefficient (Wildman–Crippen LogP) is 4.49. The molecule has 2 amide bonds. The Balaban J connectivity index is 1.58. The number of para-hydroxylation sites is 2. The molecule has 27 heavy (non-hydrogen) atoms. The van der Waals surface area contributed by atoms with Crippen LogP contribution < -0.4 is 10.1 Å². The van der Waals surface area contributed by atoms with Gasteiger partial charge in [0, 0.05) is 24.6 Å². The van der Waals surface area contributed by atoms with Crippen LogP contribution in [0.15, 0.2) is 42.5 Å². The van der Waals surface area contributed by atoms with Crippen molar-refractivity contribution in [2.75, 3.05) is 25.5 Å². The summed E-state index contributed by atoms with van der Waals surface area (Å²) in [7, 11) is 1.57. The van der Waals surface area contributed by atoms with Crippen molar-refractivity contribution in [1.82, 2.24) is 4.90 Å². The number of rotatable bonds is 4. The van der Waals surface area contributed by atoms with Crippen LogP contribution in [0.5, 0.6) is 5.75 Å². The normalized spacial score (nSPS) is 14.7. The molecule has 0 unspecified atom stereocenters. The highest BCUT2D eigenvalue weighted by Crippen LogP contribution is 2.27. The first kappa shape index (κ1) is 19.5. The zero-order valence-electron chi connectivity index (χ0n) is 14.9. The van der Waals surface area contributed by atoms with Gasteiger partial charge >= 0.3 is 0 Å². The standard InChI is InChI=1S/C20H20Cl2N2O3/c1-27-18-5-3-2-4-17(18)23-19(25)13-8-10-24(11-9-13)20(26)14-6-7-15(21)16(22)12-14/h2-7,12-13H,8-11H2,1H3,(H,23,25). The predicted molar refractivity (Wildman–Crippen MR) is 107 cm³/mol. The molecular formula is C20H20Cl2N2O3. The Morgan fingerprint density at radius 2 is 1.78 bits per heavy atom. The number of piperidine rings is 1. The number of anilines is 1. The Bertz CT molecular complexity index is 849. The molecule has 0 spiro atoms. The number of amides is 2. The summed E-state index contributed by atoms with van der Waals surface area (Å²) in [6.07, 6.45) is 1.21. The first-order valence-corrected chi connectivity index (χ1v) is 9.43. The van der Waals surface area contributed by atoms with Gasteiger partial charge in [-0.1, -0.05) is 35.3 Å². The molecule has 5 nitrogen and oxygen atoms in total. The van der Waals surface area contributed by atoms with Gasteiger partial charge in [0.25, 0.3) is 5.91 Å². The van der Waals surface area contributed by atoms with Gasteiger partial charge in [0.05, 0.1) is 22.8 Å². The molecular weight excluding hydrogens is 387 g/mol. The van der Waals surface area contributed by atoms with Crippen LogP contribution in [0, 0.1) is 5.92 Å². The average Bonchev–Trinajstić information content (AvgIpc) is 2.70. The minimum Gasteiger partial charge on any atom is -0.495 e. The molecule has 1 fully saturated rings.